The average molecular weight is 328 g/mol. The minimum atomic E-state index is -4.10. The molecule has 8 heteroatoms. The average Bonchev–Trinajstić information content (AvgIpc) is 2.37. The highest BCUT2D eigenvalue weighted by Crippen LogP contribution is 2.37. The molecular formula is C13H23F3N2O2S. The normalized spacial score (nSPS) is 30.5. The fraction of sp³-hybridized carbons (Fsp3) is 1.00. The lowest BCUT2D eigenvalue weighted by atomic mass is 9.84. The third-order valence-electron chi connectivity index (χ3n) is 4.53. The van der Waals surface area contributed by atoms with E-state index in [1.807, 2.05) is 0 Å². The van der Waals surface area contributed by atoms with Crippen molar-refractivity contribution < 1.29 is 21.6 Å². The van der Waals surface area contributed by atoms with Gasteiger partial charge in [0.1, 0.15) is 0 Å². The quantitative estimate of drug-likeness (QED) is 0.863. The maximum absolute atomic E-state index is 12.8. The Balaban J connectivity index is 1.81. The van der Waals surface area contributed by atoms with Crippen molar-refractivity contribution in [1.29, 1.82) is 0 Å². The van der Waals surface area contributed by atoms with E-state index in [0.717, 1.165) is 6.42 Å². The van der Waals surface area contributed by atoms with E-state index in [1.165, 1.54) is 10.6 Å². The van der Waals surface area contributed by atoms with Gasteiger partial charge in [0.15, 0.2) is 0 Å². The van der Waals surface area contributed by atoms with Crippen molar-refractivity contribution in [2.45, 2.75) is 56.8 Å². The number of alkyl halides is 3. The molecule has 0 aromatic carbocycles. The van der Waals surface area contributed by atoms with Gasteiger partial charge in [0.05, 0.1) is 12.2 Å². The molecule has 2 rings (SSSR count). The highest BCUT2D eigenvalue weighted by atomic mass is 32.2. The van der Waals surface area contributed by atoms with E-state index in [4.69, 9.17) is 0 Å². The van der Waals surface area contributed by atoms with E-state index in [2.05, 4.69) is 5.32 Å². The molecule has 4 nitrogen and oxygen atoms in total. The zero-order valence-corrected chi connectivity index (χ0v) is 13.0. The first-order valence-corrected chi connectivity index (χ1v) is 9.29. The van der Waals surface area contributed by atoms with E-state index < -0.39 is 22.1 Å². The van der Waals surface area contributed by atoms with Crippen molar-refractivity contribution in [3.63, 3.8) is 0 Å². The number of sulfonamides is 1. The highest BCUT2D eigenvalue weighted by molar-refractivity contribution is 7.88. The third-order valence-corrected chi connectivity index (χ3v) is 5.83. The SMILES string of the molecule is CS(=O)(=O)N1CCC(NC2CCCC(C(F)(F)F)C2)CC1. The molecule has 1 N–H and O–H groups in total. The van der Waals surface area contributed by atoms with Crippen LogP contribution in [-0.4, -0.2) is 50.3 Å². The van der Waals surface area contributed by atoms with Gasteiger partial charge in [0.2, 0.25) is 10.0 Å². The molecule has 21 heavy (non-hydrogen) atoms. The van der Waals surface area contributed by atoms with Crippen LogP contribution in [0.3, 0.4) is 0 Å². The van der Waals surface area contributed by atoms with Gasteiger partial charge < -0.3 is 5.32 Å². The number of piperidine rings is 1. The van der Waals surface area contributed by atoms with E-state index in [1.54, 1.807) is 0 Å². The maximum Gasteiger partial charge on any atom is 0.391 e. The van der Waals surface area contributed by atoms with E-state index in [0.29, 0.717) is 32.4 Å². The first kappa shape index (κ1) is 17.0. The first-order valence-electron chi connectivity index (χ1n) is 7.44. The minimum Gasteiger partial charge on any atom is -0.311 e. The molecule has 0 radical (unpaired) electrons. The molecule has 124 valence electrons. The van der Waals surface area contributed by atoms with Crippen LogP contribution in [0.5, 0.6) is 0 Å². The predicted molar refractivity (Wildman–Crippen MR) is 74.4 cm³/mol. The Hall–Kier alpha value is -0.340. The molecule has 0 amide bonds. The summed E-state index contributed by atoms with van der Waals surface area (Å²) in [5.41, 5.74) is 0. The van der Waals surface area contributed by atoms with E-state index in [-0.39, 0.29) is 24.9 Å². The van der Waals surface area contributed by atoms with Crippen LogP contribution >= 0.6 is 0 Å². The summed E-state index contributed by atoms with van der Waals surface area (Å²) in [5, 5.41) is 3.31. The largest absolute Gasteiger partial charge is 0.391 e. The van der Waals surface area contributed by atoms with Crippen LogP contribution in [0.2, 0.25) is 0 Å². The summed E-state index contributed by atoms with van der Waals surface area (Å²) in [6, 6.07) is 0.0279. The molecular weight excluding hydrogens is 305 g/mol. The van der Waals surface area contributed by atoms with Crippen LogP contribution in [-0.2, 0) is 10.0 Å². The number of hydrogen-bond donors (Lipinski definition) is 1. The fourth-order valence-electron chi connectivity index (χ4n) is 3.33. The molecule has 0 bridgehead atoms. The Morgan fingerprint density at radius 1 is 1.05 bits per heavy atom. The second-order valence-corrected chi connectivity index (χ2v) is 8.19. The number of nitrogens with zero attached hydrogens (tertiary/aromatic N) is 1. The Morgan fingerprint density at radius 2 is 1.67 bits per heavy atom. The first-order chi connectivity index (χ1) is 9.66. The van der Waals surface area contributed by atoms with E-state index >= 15 is 0 Å². The lowest BCUT2D eigenvalue weighted by Gasteiger charge is -2.36. The van der Waals surface area contributed by atoms with Crippen molar-refractivity contribution in [2.75, 3.05) is 19.3 Å². The number of nitrogens with one attached hydrogen (secondary N) is 1. The van der Waals surface area contributed by atoms with Gasteiger partial charge in [-0.2, -0.15) is 13.2 Å². The van der Waals surface area contributed by atoms with Crippen molar-refractivity contribution in [3.8, 4) is 0 Å². The summed E-state index contributed by atoms with van der Waals surface area (Å²) in [6.07, 6.45) is 0.184. The molecule has 2 fully saturated rings. The second kappa shape index (κ2) is 6.42. The molecule has 2 atom stereocenters. The molecule has 0 spiro atoms. The smallest absolute Gasteiger partial charge is 0.311 e. The second-order valence-electron chi connectivity index (χ2n) is 6.21. The van der Waals surface area contributed by atoms with Crippen LogP contribution < -0.4 is 5.32 Å². The molecule has 0 aromatic heterocycles. The Labute approximate surface area is 124 Å². The van der Waals surface area contributed by atoms with Crippen LogP contribution in [0.4, 0.5) is 13.2 Å². The number of hydrogen-bond acceptors (Lipinski definition) is 3. The molecule has 1 heterocycles. The van der Waals surface area contributed by atoms with Gasteiger partial charge >= 0.3 is 6.18 Å². The summed E-state index contributed by atoms with van der Waals surface area (Å²) >= 11 is 0. The highest BCUT2D eigenvalue weighted by Gasteiger charge is 2.42. The van der Waals surface area contributed by atoms with Gasteiger partial charge in [-0.05, 0) is 32.1 Å². The van der Waals surface area contributed by atoms with Crippen molar-refractivity contribution in [2.24, 2.45) is 5.92 Å². The van der Waals surface area contributed by atoms with Gasteiger partial charge in [-0.3, -0.25) is 0 Å². The van der Waals surface area contributed by atoms with Gasteiger partial charge in [0.25, 0.3) is 0 Å². The molecule has 1 saturated heterocycles. The molecule has 2 aliphatic rings. The lowest BCUT2D eigenvalue weighted by molar-refractivity contribution is -0.184. The van der Waals surface area contributed by atoms with Gasteiger partial charge in [-0.25, -0.2) is 12.7 Å². The molecule has 1 saturated carbocycles. The minimum absolute atomic E-state index is 0.0971. The Bertz CT molecular complexity index is 445. The summed E-state index contributed by atoms with van der Waals surface area (Å²) in [4.78, 5) is 0. The maximum atomic E-state index is 12.8. The van der Waals surface area contributed by atoms with Crippen LogP contribution in [0.1, 0.15) is 38.5 Å². The number of rotatable bonds is 3. The van der Waals surface area contributed by atoms with Gasteiger partial charge in [0, 0.05) is 25.2 Å². The molecule has 1 aliphatic heterocycles. The summed E-state index contributed by atoms with van der Waals surface area (Å²) in [6.45, 7) is 0.901. The summed E-state index contributed by atoms with van der Waals surface area (Å²) < 4.78 is 62.6. The predicted octanol–water partition coefficient (Wildman–Crippen LogP) is 2.12. The summed E-state index contributed by atoms with van der Waals surface area (Å²) in [5.74, 6) is -1.19. The lowest BCUT2D eigenvalue weighted by Crippen LogP contribution is -2.49. The van der Waals surface area contributed by atoms with Crippen LogP contribution in [0, 0.1) is 5.92 Å². The van der Waals surface area contributed by atoms with Crippen LogP contribution in [0.15, 0.2) is 0 Å². The van der Waals surface area contributed by atoms with Crippen molar-refractivity contribution in [3.05, 3.63) is 0 Å². The van der Waals surface area contributed by atoms with Gasteiger partial charge in [-0.15, -0.1) is 0 Å². The molecule has 2 unspecified atom stereocenters. The van der Waals surface area contributed by atoms with Gasteiger partial charge in [-0.1, -0.05) is 6.42 Å². The Morgan fingerprint density at radius 3 is 2.19 bits per heavy atom. The van der Waals surface area contributed by atoms with Crippen molar-refractivity contribution >= 4 is 10.0 Å². The standard InChI is InChI=1S/C13H23F3N2O2S/c1-21(19,20)18-7-5-11(6-8-18)17-12-4-2-3-10(9-12)13(14,15)16/h10-12,17H,2-9H2,1H3. The van der Waals surface area contributed by atoms with Crippen molar-refractivity contribution in [1.82, 2.24) is 9.62 Å². The Kier molecular flexibility index (Phi) is 5.20. The topological polar surface area (TPSA) is 49.4 Å². The zero-order chi connectivity index (χ0) is 15.7. The van der Waals surface area contributed by atoms with E-state index in [9.17, 15) is 21.6 Å². The summed E-state index contributed by atoms with van der Waals surface area (Å²) in [7, 11) is -3.15. The monoisotopic (exact) mass is 328 g/mol. The fourth-order valence-corrected chi connectivity index (χ4v) is 4.20. The zero-order valence-electron chi connectivity index (χ0n) is 12.2. The van der Waals surface area contributed by atoms with Crippen LogP contribution in [0.25, 0.3) is 0 Å². The number of halogens is 3. The molecule has 1 aliphatic carbocycles. The molecule has 0 aromatic rings. The third kappa shape index (κ3) is 4.82.